The zero-order chi connectivity index (χ0) is 14.2. The summed E-state index contributed by atoms with van der Waals surface area (Å²) in [7, 11) is 0. The van der Waals surface area contributed by atoms with Crippen molar-refractivity contribution in [2.45, 2.75) is 0 Å². The van der Waals surface area contributed by atoms with Crippen LogP contribution in [0.3, 0.4) is 0 Å². The molecule has 4 aromatic rings. The third-order valence-corrected chi connectivity index (χ3v) is 3.74. The van der Waals surface area contributed by atoms with Crippen LogP contribution >= 0.6 is 0 Å². The maximum atomic E-state index is 9.41. The largest absolute Gasteiger partial charge is 0.444 e. The van der Waals surface area contributed by atoms with Crippen molar-refractivity contribution in [1.29, 1.82) is 5.26 Å². The van der Waals surface area contributed by atoms with Crippen LogP contribution in [-0.4, -0.2) is 0 Å². The van der Waals surface area contributed by atoms with Crippen LogP contribution in [0.15, 0.2) is 71.1 Å². The molecule has 4 rings (SSSR count). The van der Waals surface area contributed by atoms with Crippen molar-refractivity contribution < 1.29 is 4.42 Å². The highest BCUT2D eigenvalue weighted by Crippen LogP contribution is 2.37. The second kappa shape index (κ2) is 4.50. The van der Waals surface area contributed by atoms with Gasteiger partial charge in [-0.25, -0.2) is 0 Å². The van der Waals surface area contributed by atoms with Crippen molar-refractivity contribution in [2.24, 2.45) is 0 Å². The predicted molar refractivity (Wildman–Crippen MR) is 83.9 cm³/mol. The second-order valence-electron chi connectivity index (χ2n) is 4.95. The first-order chi connectivity index (χ1) is 10.4. The molecule has 0 aliphatic rings. The Balaban J connectivity index is 2.16. The number of hydrogen-bond donors (Lipinski definition) is 0. The Bertz CT molecular complexity index is 991. The molecule has 0 amide bonds. The Morgan fingerprint density at radius 3 is 2.33 bits per heavy atom. The monoisotopic (exact) mass is 269 g/mol. The van der Waals surface area contributed by atoms with Gasteiger partial charge in [0.1, 0.15) is 11.7 Å². The van der Waals surface area contributed by atoms with Crippen LogP contribution in [0.4, 0.5) is 0 Å². The second-order valence-corrected chi connectivity index (χ2v) is 4.95. The van der Waals surface area contributed by atoms with Gasteiger partial charge < -0.3 is 4.42 Å². The average Bonchev–Trinajstić information content (AvgIpc) is 2.94. The zero-order valence-electron chi connectivity index (χ0n) is 11.2. The number of rotatable bonds is 1. The fourth-order valence-corrected chi connectivity index (χ4v) is 2.80. The van der Waals surface area contributed by atoms with Gasteiger partial charge in [0.25, 0.3) is 0 Å². The van der Waals surface area contributed by atoms with Gasteiger partial charge >= 0.3 is 0 Å². The van der Waals surface area contributed by atoms with Crippen molar-refractivity contribution in [1.82, 2.24) is 0 Å². The number of furan rings is 1. The lowest BCUT2D eigenvalue weighted by molar-refractivity contribution is 0.604. The Morgan fingerprint density at radius 1 is 0.762 bits per heavy atom. The van der Waals surface area contributed by atoms with E-state index < -0.39 is 0 Å². The molecule has 0 bridgehead atoms. The van der Waals surface area contributed by atoms with E-state index in [1.165, 1.54) is 0 Å². The van der Waals surface area contributed by atoms with E-state index in [0.717, 1.165) is 32.9 Å². The smallest absolute Gasteiger partial charge is 0.212 e. The molecule has 1 aromatic heterocycles. The number of nitrogens with zero attached hydrogens (tertiary/aromatic N) is 1. The van der Waals surface area contributed by atoms with Crippen molar-refractivity contribution in [3.8, 4) is 17.2 Å². The van der Waals surface area contributed by atoms with Gasteiger partial charge in [-0.05, 0) is 17.0 Å². The highest BCUT2D eigenvalue weighted by molar-refractivity contribution is 6.10. The molecule has 0 saturated heterocycles. The van der Waals surface area contributed by atoms with Crippen LogP contribution in [0.25, 0.3) is 32.9 Å². The molecule has 98 valence electrons. The van der Waals surface area contributed by atoms with Gasteiger partial charge in [0.15, 0.2) is 0 Å². The summed E-state index contributed by atoms with van der Waals surface area (Å²) in [6, 6.07) is 24.2. The van der Waals surface area contributed by atoms with Crippen LogP contribution < -0.4 is 0 Å². The Labute approximate surface area is 121 Å². The quantitative estimate of drug-likeness (QED) is 0.480. The minimum atomic E-state index is 0.368. The van der Waals surface area contributed by atoms with Gasteiger partial charge in [-0.2, -0.15) is 5.26 Å². The molecular formula is C19H11NO. The summed E-state index contributed by atoms with van der Waals surface area (Å²) in [5.74, 6) is 0.368. The molecule has 0 aliphatic carbocycles. The highest BCUT2D eigenvalue weighted by Gasteiger charge is 2.17. The van der Waals surface area contributed by atoms with Crippen molar-refractivity contribution in [3.63, 3.8) is 0 Å². The minimum absolute atomic E-state index is 0.368. The summed E-state index contributed by atoms with van der Waals surface area (Å²) in [6.45, 7) is 0. The first-order valence-corrected chi connectivity index (χ1v) is 6.78. The summed E-state index contributed by atoms with van der Waals surface area (Å²) in [6.07, 6.45) is 0. The molecule has 3 aromatic carbocycles. The van der Waals surface area contributed by atoms with E-state index in [-0.39, 0.29) is 0 Å². The van der Waals surface area contributed by atoms with Gasteiger partial charge in [0, 0.05) is 16.3 Å². The van der Waals surface area contributed by atoms with Gasteiger partial charge in [0.2, 0.25) is 5.76 Å². The molecule has 0 fully saturated rings. The lowest BCUT2D eigenvalue weighted by atomic mass is 10.00. The molecule has 0 N–H and O–H groups in total. The molecule has 21 heavy (non-hydrogen) atoms. The minimum Gasteiger partial charge on any atom is -0.444 e. The summed E-state index contributed by atoms with van der Waals surface area (Å²) >= 11 is 0. The molecule has 0 spiro atoms. The fourth-order valence-electron chi connectivity index (χ4n) is 2.80. The van der Waals surface area contributed by atoms with Crippen molar-refractivity contribution >= 4 is 21.7 Å². The molecule has 1 heterocycles. The van der Waals surface area contributed by atoms with E-state index in [0.29, 0.717) is 5.76 Å². The summed E-state index contributed by atoms with van der Waals surface area (Å²) in [5, 5.41) is 12.5. The normalized spacial score (nSPS) is 10.8. The van der Waals surface area contributed by atoms with E-state index in [1.54, 1.807) is 0 Å². The maximum Gasteiger partial charge on any atom is 0.212 e. The van der Waals surface area contributed by atoms with Crippen LogP contribution in [0.2, 0.25) is 0 Å². The summed E-state index contributed by atoms with van der Waals surface area (Å²) in [4.78, 5) is 0. The van der Waals surface area contributed by atoms with Gasteiger partial charge in [-0.15, -0.1) is 0 Å². The van der Waals surface area contributed by atoms with E-state index in [9.17, 15) is 5.26 Å². The number of hydrogen-bond acceptors (Lipinski definition) is 2. The van der Waals surface area contributed by atoms with E-state index in [4.69, 9.17) is 4.42 Å². The van der Waals surface area contributed by atoms with Gasteiger partial charge in [-0.1, -0.05) is 60.7 Å². The highest BCUT2D eigenvalue weighted by atomic mass is 16.3. The Morgan fingerprint density at radius 2 is 1.52 bits per heavy atom. The van der Waals surface area contributed by atoms with Crippen LogP contribution in [0, 0.1) is 11.3 Å². The summed E-state index contributed by atoms with van der Waals surface area (Å²) in [5.41, 5.74) is 2.66. The number of fused-ring (bicyclic) bond motifs is 3. The topological polar surface area (TPSA) is 36.9 Å². The number of benzene rings is 3. The van der Waals surface area contributed by atoms with Gasteiger partial charge in [-0.3, -0.25) is 0 Å². The van der Waals surface area contributed by atoms with Crippen molar-refractivity contribution in [3.05, 3.63) is 72.5 Å². The first kappa shape index (κ1) is 11.7. The Hall–Kier alpha value is -3.05. The standard InChI is InChI=1S/C19H11NO/c20-12-17-18(14-7-2-1-3-8-14)16-11-10-13-6-4-5-9-15(13)19(16)21-17/h1-11H. The molecule has 2 heteroatoms. The number of nitriles is 1. The lowest BCUT2D eigenvalue weighted by Crippen LogP contribution is -1.79. The van der Waals surface area contributed by atoms with Crippen LogP contribution in [-0.2, 0) is 0 Å². The zero-order valence-corrected chi connectivity index (χ0v) is 11.2. The molecule has 0 saturated carbocycles. The van der Waals surface area contributed by atoms with Crippen molar-refractivity contribution in [2.75, 3.05) is 0 Å². The van der Waals surface area contributed by atoms with Crippen LogP contribution in [0.1, 0.15) is 5.76 Å². The van der Waals surface area contributed by atoms with Crippen LogP contribution in [0.5, 0.6) is 0 Å². The Kier molecular flexibility index (Phi) is 2.52. The molecule has 0 aliphatic heterocycles. The third-order valence-electron chi connectivity index (χ3n) is 3.74. The molecule has 2 nitrogen and oxygen atoms in total. The maximum absolute atomic E-state index is 9.41. The van der Waals surface area contributed by atoms with E-state index >= 15 is 0 Å². The SMILES string of the molecule is N#Cc1oc2c(ccc3ccccc32)c1-c1ccccc1. The first-order valence-electron chi connectivity index (χ1n) is 6.78. The average molecular weight is 269 g/mol. The molecule has 0 radical (unpaired) electrons. The predicted octanol–water partition coefficient (Wildman–Crippen LogP) is 5.12. The fraction of sp³-hybridized carbons (Fsp3) is 0. The molecule has 0 atom stereocenters. The lowest BCUT2D eigenvalue weighted by Gasteiger charge is -2.00. The van der Waals surface area contributed by atoms with E-state index in [2.05, 4.69) is 12.1 Å². The molecule has 0 unspecified atom stereocenters. The van der Waals surface area contributed by atoms with Gasteiger partial charge in [0.05, 0.1) is 0 Å². The summed E-state index contributed by atoms with van der Waals surface area (Å²) < 4.78 is 5.85. The van der Waals surface area contributed by atoms with E-state index in [1.807, 2.05) is 60.7 Å². The molecular weight excluding hydrogens is 258 g/mol. The third kappa shape index (κ3) is 1.72.